The predicted molar refractivity (Wildman–Crippen MR) is 93.4 cm³/mol. The second kappa shape index (κ2) is 6.10. The third-order valence-corrected chi connectivity index (χ3v) is 5.59. The van der Waals surface area contributed by atoms with Gasteiger partial charge in [-0.3, -0.25) is 14.5 Å². The fraction of sp³-hybridized carbons (Fsp3) is 0.600. The van der Waals surface area contributed by atoms with Crippen LogP contribution in [0, 0.1) is 16.7 Å². The van der Waals surface area contributed by atoms with E-state index >= 15 is 0 Å². The van der Waals surface area contributed by atoms with Gasteiger partial charge in [-0.25, -0.2) is 0 Å². The summed E-state index contributed by atoms with van der Waals surface area (Å²) in [5.74, 6) is 0.328. The van der Waals surface area contributed by atoms with Crippen molar-refractivity contribution in [3.05, 3.63) is 35.4 Å². The van der Waals surface area contributed by atoms with Gasteiger partial charge in [0.2, 0.25) is 0 Å². The first kappa shape index (κ1) is 17.7. The summed E-state index contributed by atoms with van der Waals surface area (Å²) in [6.45, 7) is 14.0. The number of rotatable bonds is 6. The zero-order chi connectivity index (χ0) is 17.4. The molecule has 23 heavy (non-hydrogen) atoms. The van der Waals surface area contributed by atoms with Crippen LogP contribution in [0.4, 0.5) is 0 Å². The molecule has 1 aromatic rings. The monoisotopic (exact) mass is 315 g/mol. The summed E-state index contributed by atoms with van der Waals surface area (Å²) in [5.41, 5.74) is 1.28. The van der Waals surface area contributed by atoms with E-state index in [9.17, 15) is 9.59 Å². The van der Waals surface area contributed by atoms with E-state index in [1.54, 1.807) is 12.1 Å². The largest absolute Gasteiger partial charge is 0.274 e. The third kappa shape index (κ3) is 3.34. The minimum Gasteiger partial charge on any atom is -0.274 e. The van der Waals surface area contributed by atoms with Crippen molar-refractivity contribution in [2.24, 2.45) is 16.7 Å². The van der Waals surface area contributed by atoms with Crippen LogP contribution in [0.3, 0.4) is 0 Å². The van der Waals surface area contributed by atoms with Crippen molar-refractivity contribution in [2.45, 2.75) is 54.4 Å². The number of carbonyl (C=O) groups is 2. The van der Waals surface area contributed by atoms with Crippen LogP contribution in [0.2, 0.25) is 0 Å². The molecule has 0 radical (unpaired) electrons. The first-order chi connectivity index (χ1) is 10.6. The van der Waals surface area contributed by atoms with E-state index in [1.165, 1.54) is 4.90 Å². The Labute approximate surface area is 140 Å². The van der Waals surface area contributed by atoms with E-state index in [4.69, 9.17) is 0 Å². The van der Waals surface area contributed by atoms with Crippen LogP contribution in [0.5, 0.6) is 0 Å². The van der Waals surface area contributed by atoms with Gasteiger partial charge in [-0.05, 0) is 41.7 Å². The molecule has 0 fully saturated rings. The minimum atomic E-state index is -0.150. The fourth-order valence-electron chi connectivity index (χ4n) is 3.47. The molecular formula is C20H29NO2. The maximum absolute atomic E-state index is 12.5. The Morgan fingerprint density at radius 1 is 0.913 bits per heavy atom. The van der Waals surface area contributed by atoms with Crippen molar-refractivity contribution in [3.8, 4) is 0 Å². The van der Waals surface area contributed by atoms with Crippen LogP contribution in [0.15, 0.2) is 24.3 Å². The molecule has 0 saturated heterocycles. The van der Waals surface area contributed by atoms with E-state index in [0.717, 1.165) is 12.8 Å². The molecule has 1 heterocycles. The van der Waals surface area contributed by atoms with Gasteiger partial charge in [0, 0.05) is 6.54 Å². The van der Waals surface area contributed by atoms with Gasteiger partial charge in [0.05, 0.1) is 11.1 Å². The van der Waals surface area contributed by atoms with Gasteiger partial charge < -0.3 is 0 Å². The smallest absolute Gasteiger partial charge is 0.261 e. The number of carbonyl (C=O) groups excluding carboxylic acids is 2. The molecule has 0 aliphatic carbocycles. The van der Waals surface area contributed by atoms with Crippen LogP contribution in [-0.4, -0.2) is 23.3 Å². The van der Waals surface area contributed by atoms with E-state index in [2.05, 4.69) is 41.5 Å². The van der Waals surface area contributed by atoms with Gasteiger partial charge in [-0.15, -0.1) is 0 Å². The Bertz CT molecular complexity index is 579. The number of fused-ring (bicyclic) bond motifs is 1. The number of hydrogen-bond donors (Lipinski definition) is 0. The minimum absolute atomic E-state index is 0.0482. The molecule has 2 rings (SSSR count). The average molecular weight is 315 g/mol. The van der Waals surface area contributed by atoms with E-state index in [0.29, 0.717) is 23.6 Å². The van der Waals surface area contributed by atoms with Crippen LogP contribution >= 0.6 is 0 Å². The lowest BCUT2D eigenvalue weighted by Gasteiger charge is -2.43. The number of hydrogen-bond acceptors (Lipinski definition) is 2. The van der Waals surface area contributed by atoms with Crippen molar-refractivity contribution in [1.29, 1.82) is 0 Å². The van der Waals surface area contributed by atoms with Crippen LogP contribution in [0.1, 0.15) is 75.1 Å². The summed E-state index contributed by atoms with van der Waals surface area (Å²) >= 11 is 0. The SMILES string of the molecule is CC(C)CC(C)(C)C(C)(C)CCN1C(=O)c2ccccc2C1=O. The highest BCUT2D eigenvalue weighted by Crippen LogP contribution is 2.45. The number of nitrogens with zero attached hydrogens (tertiary/aromatic N) is 1. The topological polar surface area (TPSA) is 37.4 Å². The first-order valence-electron chi connectivity index (χ1n) is 8.52. The maximum atomic E-state index is 12.5. The van der Waals surface area contributed by atoms with Crippen molar-refractivity contribution >= 4 is 11.8 Å². The number of benzene rings is 1. The lowest BCUT2D eigenvalue weighted by molar-refractivity contribution is 0.0483. The predicted octanol–water partition coefficient (Wildman–Crippen LogP) is 4.77. The summed E-state index contributed by atoms with van der Waals surface area (Å²) in [6, 6.07) is 7.10. The molecule has 0 atom stereocenters. The van der Waals surface area contributed by atoms with E-state index < -0.39 is 0 Å². The summed E-state index contributed by atoms with van der Waals surface area (Å²) in [5, 5.41) is 0. The molecule has 0 saturated carbocycles. The van der Waals surface area contributed by atoms with Crippen molar-refractivity contribution in [2.75, 3.05) is 6.54 Å². The fourth-order valence-corrected chi connectivity index (χ4v) is 3.47. The molecule has 126 valence electrons. The molecule has 3 heteroatoms. The maximum Gasteiger partial charge on any atom is 0.261 e. The molecule has 3 nitrogen and oxygen atoms in total. The second-order valence-electron chi connectivity index (χ2n) is 8.42. The standard InChI is InChI=1S/C20H29NO2/c1-14(2)13-20(5,6)19(3,4)11-12-21-17(22)15-9-7-8-10-16(15)18(21)23/h7-10,14H,11-13H2,1-6H3. The molecule has 1 aromatic carbocycles. The van der Waals surface area contributed by atoms with Crippen molar-refractivity contribution < 1.29 is 9.59 Å². The molecule has 0 bridgehead atoms. The van der Waals surface area contributed by atoms with Gasteiger partial charge in [0.1, 0.15) is 0 Å². The zero-order valence-corrected chi connectivity index (χ0v) is 15.3. The summed E-state index contributed by atoms with van der Waals surface area (Å²) in [7, 11) is 0. The highest BCUT2D eigenvalue weighted by molar-refractivity contribution is 6.21. The molecule has 0 unspecified atom stereocenters. The van der Waals surface area contributed by atoms with Crippen molar-refractivity contribution in [1.82, 2.24) is 4.90 Å². The Kier molecular flexibility index (Phi) is 4.70. The molecule has 2 amide bonds. The second-order valence-corrected chi connectivity index (χ2v) is 8.42. The van der Waals surface area contributed by atoms with Crippen molar-refractivity contribution in [3.63, 3.8) is 0 Å². The van der Waals surface area contributed by atoms with E-state index in [1.807, 2.05) is 12.1 Å². The number of amides is 2. The number of imide groups is 1. The van der Waals surface area contributed by atoms with Gasteiger partial charge in [-0.1, -0.05) is 53.7 Å². The summed E-state index contributed by atoms with van der Waals surface area (Å²) in [6.07, 6.45) is 1.94. The normalized spacial score (nSPS) is 15.5. The molecule has 0 spiro atoms. The lowest BCUT2D eigenvalue weighted by atomic mass is 9.63. The Hall–Kier alpha value is -1.64. The van der Waals surface area contributed by atoms with Gasteiger partial charge in [-0.2, -0.15) is 0 Å². The highest BCUT2D eigenvalue weighted by atomic mass is 16.2. The van der Waals surface area contributed by atoms with E-state index in [-0.39, 0.29) is 22.6 Å². The quantitative estimate of drug-likeness (QED) is 0.709. The van der Waals surface area contributed by atoms with Gasteiger partial charge >= 0.3 is 0 Å². The highest BCUT2D eigenvalue weighted by Gasteiger charge is 2.40. The third-order valence-electron chi connectivity index (χ3n) is 5.59. The lowest BCUT2D eigenvalue weighted by Crippen LogP contribution is -2.39. The Morgan fingerprint density at radius 2 is 1.39 bits per heavy atom. The molecule has 0 aromatic heterocycles. The molecular weight excluding hydrogens is 286 g/mol. The van der Waals surface area contributed by atoms with Crippen LogP contribution in [0.25, 0.3) is 0 Å². The first-order valence-corrected chi connectivity index (χ1v) is 8.52. The molecule has 1 aliphatic heterocycles. The van der Waals surface area contributed by atoms with Gasteiger partial charge in [0.15, 0.2) is 0 Å². The Morgan fingerprint density at radius 3 is 1.83 bits per heavy atom. The van der Waals surface area contributed by atoms with Crippen LogP contribution < -0.4 is 0 Å². The zero-order valence-electron chi connectivity index (χ0n) is 15.3. The average Bonchev–Trinajstić information content (AvgIpc) is 2.68. The molecule has 1 aliphatic rings. The molecule has 0 N–H and O–H groups in total. The summed E-state index contributed by atoms with van der Waals surface area (Å²) < 4.78 is 0. The Balaban J connectivity index is 2.10. The summed E-state index contributed by atoms with van der Waals surface area (Å²) in [4.78, 5) is 26.3. The van der Waals surface area contributed by atoms with Crippen LogP contribution in [-0.2, 0) is 0 Å². The van der Waals surface area contributed by atoms with Gasteiger partial charge in [0.25, 0.3) is 11.8 Å².